The Bertz CT molecular complexity index is 298. The lowest BCUT2D eigenvalue weighted by Crippen LogP contribution is -2.43. The normalized spacial score (nSPS) is 14.5. The van der Waals surface area contributed by atoms with Crippen molar-refractivity contribution < 1.29 is 9.90 Å². The van der Waals surface area contributed by atoms with Gasteiger partial charge in [-0.1, -0.05) is 12.1 Å². The number of amides is 1. The molecule has 0 aliphatic heterocycles. The van der Waals surface area contributed by atoms with Gasteiger partial charge in [0.25, 0.3) is 0 Å². The highest BCUT2D eigenvalue weighted by molar-refractivity contribution is 5.94. The summed E-state index contributed by atoms with van der Waals surface area (Å²) in [6.07, 6.45) is -0.856. The van der Waals surface area contributed by atoms with Crippen LogP contribution in [0.5, 0.6) is 0 Å². The first kappa shape index (κ1) is 10.7. The maximum atomic E-state index is 11.3. The molecule has 0 aliphatic rings. The van der Waals surface area contributed by atoms with Crippen LogP contribution in [0, 0.1) is 6.07 Å². The summed E-state index contributed by atoms with van der Waals surface area (Å²) >= 11 is 0. The highest BCUT2D eigenvalue weighted by Crippen LogP contribution is 2.05. The summed E-state index contributed by atoms with van der Waals surface area (Å²) < 4.78 is 0. The zero-order valence-electron chi connectivity index (χ0n) is 7.90. The number of rotatable bonds is 3. The van der Waals surface area contributed by atoms with Crippen molar-refractivity contribution in [1.29, 1.82) is 0 Å². The molecule has 1 amide bonds. The summed E-state index contributed by atoms with van der Waals surface area (Å²) in [5.74, 6) is -0.397. The molecule has 0 bridgehead atoms. The van der Waals surface area contributed by atoms with Gasteiger partial charge in [0.2, 0.25) is 5.91 Å². The molecule has 4 N–H and O–H groups in total. The Hall–Kier alpha value is -1.39. The number of anilines is 1. The largest absolute Gasteiger partial charge is 0.391 e. The van der Waals surface area contributed by atoms with E-state index >= 15 is 0 Å². The predicted molar refractivity (Wildman–Crippen MR) is 53.6 cm³/mol. The molecule has 4 nitrogen and oxygen atoms in total. The van der Waals surface area contributed by atoms with E-state index in [4.69, 9.17) is 10.8 Å². The molecule has 1 aromatic rings. The first-order valence-corrected chi connectivity index (χ1v) is 4.32. The van der Waals surface area contributed by atoms with Gasteiger partial charge in [-0.15, -0.1) is 0 Å². The fourth-order valence-electron chi connectivity index (χ4n) is 0.915. The van der Waals surface area contributed by atoms with E-state index in [1.165, 1.54) is 6.92 Å². The van der Waals surface area contributed by atoms with Crippen LogP contribution in [-0.2, 0) is 4.79 Å². The highest BCUT2D eigenvalue weighted by Gasteiger charge is 2.18. The number of nitrogens with two attached hydrogens (primary N) is 1. The van der Waals surface area contributed by atoms with E-state index in [1.807, 2.05) is 0 Å². The van der Waals surface area contributed by atoms with Crippen molar-refractivity contribution >= 4 is 11.6 Å². The van der Waals surface area contributed by atoms with Crippen LogP contribution in [0.2, 0.25) is 0 Å². The second-order valence-electron chi connectivity index (χ2n) is 3.04. The Morgan fingerprint density at radius 3 is 2.64 bits per heavy atom. The lowest BCUT2D eigenvalue weighted by molar-refractivity contribution is -0.119. The average Bonchev–Trinajstić information content (AvgIpc) is 2.18. The lowest BCUT2D eigenvalue weighted by atomic mass is 10.2. The molecular formula is C10H13N2O2. The minimum atomic E-state index is -0.904. The smallest absolute Gasteiger partial charge is 0.243 e. The molecule has 2 unspecified atom stereocenters. The van der Waals surface area contributed by atoms with Crippen molar-refractivity contribution in [2.75, 3.05) is 5.32 Å². The molecule has 0 heterocycles. The highest BCUT2D eigenvalue weighted by atomic mass is 16.3. The first-order chi connectivity index (χ1) is 6.61. The molecule has 1 aromatic carbocycles. The van der Waals surface area contributed by atoms with Crippen molar-refractivity contribution in [3.05, 3.63) is 30.3 Å². The maximum Gasteiger partial charge on any atom is 0.243 e. The second-order valence-corrected chi connectivity index (χ2v) is 3.04. The zero-order chi connectivity index (χ0) is 10.6. The molecule has 0 saturated heterocycles. The van der Waals surface area contributed by atoms with Gasteiger partial charge >= 0.3 is 0 Å². The molecule has 0 spiro atoms. The standard InChI is InChI=1S/C10H13N2O2/c1-7(13)9(11)10(14)12-8-5-3-2-4-6-8/h3-7,9,13H,11H2,1H3,(H,12,14). The van der Waals surface area contributed by atoms with Gasteiger partial charge in [-0.2, -0.15) is 0 Å². The van der Waals surface area contributed by atoms with E-state index in [0.29, 0.717) is 5.69 Å². The summed E-state index contributed by atoms with van der Waals surface area (Å²) in [5.41, 5.74) is 6.08. The Morgan fingerprint density at radius 2 is 2.14 bits per heavy atom. The van der Waals surface area contributed by atoms with E-state index in [-0.39, 0.29) is 0 Å². The third kappa shape index (κ3) is 2.83. The minimum Gasteiger partial charge on any atom is -0.391 e. The van der Waals surface area contributed by atoms with E-state index in [9.17, 15) is 4.79 Å². The van der Waals surface area contributed by atoms with E-state index < -0.39 is 18.1 Å². The van der Waals surface area contributed by atoms with Gasteiger partial charge in [-0.25, -0.2) is 0 Å². The molecule has 4 heteroatoms. The van der Waals surface area contributed by atoms with Gasteiger partial charge in [0.15, 0.2) is 0 Å². The number of hydrogen-bond donors (Lipinski definition) is 3. The third-order valence-corrected chi connectivity index (χ3v) is 1.81. The van der Waals surface area contributed by atoms with E-state index in [0.717, 1.165) is 0 Å². The fourth-order valence-corrected chi connectivity index (χ4v) is 0.915. The molecule has 14 heavy (non-hydrogen) atoms. The summed E-state index contributed by atoms with van der Waals surface area (Å²) in [7, 11) is 0. The van der Waals surface area contributed by atoms with Crippen molar-refractivity contribution in [3.8, 4) is 0 Å². The molecule has 0 saturated carbocycles. The van der Waals surface area contributed by atoms with Crippen LogP contribution in [0.15, 0.2) is 24.3 Å². The molecule has 1 radical (unpaired) electrons. The van der Waals surface area contributed by atoms with Crippen molar-refractivity contribution in [3.63, 3.8) is 0 Å². The minimum absolute atomic E-state index is 0.397. The number of benzene rings is 1. The summed E-state index contributed by atoms with van der Waals surface area (Å²) in [6.45, 7) is 1.48. The van der Waals surface area contributed by atoms with Crippen LogP contribution < -0.4 is 11.1 Å². The topological polar surface area (TPSA) is 75.3 Å². The number of aliphatic hydroxyl groups excluding tert-OH is 1. The number of aliphatic hydroxyl groups is 1. The summed E-state index contributed by atoms with van der Waals surface area (Å²) in [5, 5.41) is 11.7. The van der Waals surface area contributed by atoms with E-state index in [2.05, 4.69) is 11.4 Å². The summed E-state index contributed by atoms with van der Waals surface area (Å²) in [6, 6.07) is 8.69. The molecule has 75 valence electrons. The van der Waals surface area contributed by atoms with Crippen molar-refractivity contribution in [2.24, 2.45) is 5.73 Å². The average molecular weight is 193 g/mol. The maximum absolute atomic E-state index is 11.3. The quantitative estimate of drug-likeness (QED) is 0.639. The zero-order valence-corrected chi connectivity index (χ0v) is 7.90. The number of carbonyl (C=O) groups excluding carboxylic acids is 1. The fraction of sp³-hybridized carbons (Fsp3) is 0.300. The van der Waals surface area contributed by atoms with Crippen LogP contribution in [0.25, 0.3) is 0 Å². The van der Waals surface area contributed by atoms with Crippen LogP contribution in [0.4, 0.5) is 5.69 Å². The van der Waals surface area contributed by atoms with Crippen LogP contribution in [0.1, 0.15) is 6.92 Å². The summed E-state index contributed by atoms with van der Waals surface area (Å²) in [4.78, 5) is 11.3. The predicted octanol–water partition coefficient (Wildman–Crippen LogP) is 0.133. The SMILES string of the molecule is CC(O)C(N)C(=O)Nc1cc[c]cc1. The van der Waals surface area contributed by atoms with Crippen molar-refractivity contribution in [2.45, 2.75) is 19.1 Å². The monoisotopic (exact) mass is 193 g/mol. The second kappa shape index (κ2) is 4.74. The lowest BCUT2D eigenvalue weighted by Gasteiger charge is -2.14. The molecule has 1 rings (SSSR count). The Kier molecular flexibility index (Phi) is 3.62. The molecule has 0 aromatic heterocycles. The van der Waals surface area contributed by atoms with Gasteiger partial charge in [0, 0.05) is 5.69 Å². The van der Waals surface area contributed by atoms with Gasteiger partial charge in [0.1, 0.15) is 6.04 Å². The molecule has 0 aliphatic carbocycles. The van der Waals surface area contributed by atoms with E-state index in [1.54, 1.807) is 24.3 Å². The van der Waals surface area contributed by atoms with Crippen LogP contribution in [-0.4, -0.2) is 23.2 Å². The number of carbonyl (C=O) groups is 1. The van der Waals surface area contributed by atoms with Crippen LogP contribution in [0.3, 0.4) is 0 Å². The Morgan fingerprint density at radius 1 is 1.57 bits per heavy atom. The molecular weight excluding hydrogens is 180 g/mol. The molecule has 2 atom stereocenters. The van der Waals surface area contributed by atoms with Crippen LogP contribution >= 0.6 is 0 Å². The molecule has 0 fully saturated rings. The Labute approximate surface area is 82.7 Å². The Balaban J connectivity index is 2.58. The van der Waals surface area contributed by atoms with Gasteiger partial charge in [-0.05, 0) is 25.1 Å². The van der Waals surface area contributed by atoms with Gasteiger partial charge < -0.3 is 16.2 Å². The van der Waals surface area contributed by atoms with Gasteiger partial charge in [-0.3, -0.25) is 4.79 Å². The number of hydrogen-bond acceptors (Lipinski definition) is 3. The number of nitrogens with one attached hydrogen (secondary N) is 1. The first-order valence-electron chi connectivity index (χ1n) is 4.32. The van der Waals surface area contributed by atoms with Crippen molar-refractivity contribution in [1.82, 2.24) is 0 Å². The third-order valence-electron chi connectivity index (χ3n) is 1.81. The van der Waals surface area contributed by atoms with Gasteiger partial charge in [0.05, 0.1) is 6.10 Å².